The van der Waals surface area contributed by atoms with Gasteiger partial charge in [0.25, 0.3) is 0 Å². The Morgan fingerprint density at radius 2 is 1.96 bits per heavy atom. The maximum atomic E-state index is 12.5. The van der Waals surface area contributed by atoms with Crippen molar-refractivity contribution in [2.24, 2.45) is 5.92 Å². The summed E-state index contributed by atoms with van der Waals surface area (Å²) in [4.78, 5) is 32.5. The number of pyridine rings is 1. The molecule has 1 N–H and O–H groups in total. The van der Waals surface area contributed by atoms with Crippen LogP contribution in [0.3, 0.4) is 0 Å². The third kappa shape index (κ3) is 4.41. The van der Waals surface area contributed by atoms with Gasteiger partial charge >= 0.3 is 6.09 Å². The van der Waals surface area contributed by atoms with E-state index in [0.29, 0.717) is 18.8 Å². The third-order valence-corrected chi connectivity index (χ3v) is 4.92. The molecule has 1 atom stereocenters. The number of methoxy groups -OCH3 is 1. The summed E-state index contributed by atoms with van der Waals surface area (Å²) in [5.41, 5.74) is 0.695. The zero-order chi connectivity index (χ0) is 17.6. The van der Waals surface area contributed by atoms with Crippen molar-refractivity contribution >= 4 is 23.5 Å². The van der Waals surface area contributed by atoms with Crippen LogP contribution in [0.15, 0.2) is 18.3 Å². The van der Waals surface area contributed by atoms with Crippen LogP contribution >= 0.6 is 0 Å². The molecule has 0 bridgehead atoms. The average Bonchev–Trinajstić information content (AvgIpc) is 2.68. The number of hydrogen-bond acceptors (Lipinski definition) is 5. The van der Waals surface area contributed by atoms with Crippen LogP contribution in [0.25, 0.3) is 0 Å². The van der Waals surface area contributed by atoms with Crippen LogP contribution in [0.4, 0.5) is 16.3 Å². The normalized spacial score (nSPS) is 20.9. The Bertz CT molecular complexity index is 599. The van der Waals surface area contributed by atoms with Gasteiger partial charge in [0.1, 0.15) is 5.82 Å². The number of ether oxygens (including phenoxy) is 1. The smallest absolute Gasteiger partial charge is 0.409 e. The Kier molecular flexibility index (Phi) is 5.73. The highest BCUT2D eigenvalue weighted by atomic mass is 16.5. The lowest BCUT2D eigenvalue weighted by Gasteiger charge is -2.31. The van der Waals surface area contributed by atoms with Gasteiger partial charge in [0.15, 0.2) is 0 Å². The summed E-state index contributed by atoms with van der Waals surface area (Å²) < 4.78 is 4.75. The lowest BCUT2D eigenvalue weighted by molar-refractivity contribution is -0.121. The molecule has 0 spiro atoms. The summed E-state index contributed by atoms with van der Waals surface area (Å²) in [5, 5.41) is 2.92. The zero-order valence-corrected chi connectivity index (χ0v) is 14.7. The molecule has 2 aliphatic heterocycles. The van der Waals surface area contributed by atoms with Crippen molar-refractivity contribution in [2.75, 3.05) is 43.5 Å². The molecule has 7 heteroatoms. The van der Waals surface area contributed by atoms with E-state index < -0.39 is 0 Å². The van der Waals surface area contributed by atoms with E-state index in [4.69, 9.17) is 4.74 Å². The summed E-state index contributed by atoms with van der Waals surface area (Å²) >= 11 is 0. The van der Waals surface area contributed by atoms with Crippen molar-refractivity contribution < 1.29 is 14.3 Å². The Hall–Kier alpha value is -2.31. The minimum Gasteiger partial charge on any atom is -0.453 e. The van der Waals surface area contributed by atoms with E-state index in [0.717, 1.165) is 31.7 Å². The van der Waals surface area contributed by atoms with Gasteiger partial charge in [0, 0.05) is 26.2 Å². The lowest BCUT2D eigenvalue weighted by atomic mass is 9.97. The number of nitrogens with zero attached hydrogens (tertiary/aromatic N) is 3. The monoisotopic (exact) mass is 346 g/mol. The zero-order valence-electron chi connectivity index (χ0n) is 14.7. The highest BCUT2D eigenvalue weighted by Crippen LogP contribution is 2.21. The van der Waals surface area contributed by atoms with Gasteiger partial charge in [-0.3, -0.25) is 4.79 Å². The van der Waals surface area contributed by atoms with Gasteiger partial charge in [-0.1, -0.05) is 0 Å². The summed E-state index contributed by atoms with van der Waals surface area (Å²) in [6.07, 6.45) is 6.62. The summed E-state index contributed by atoms with van der Waals surface area (Å²) in [7, 11) is 1.36. The Labute approximate surface area is 148 Å². The van der Waals surface area contributed by atoms with Crippen LogP contribution in [0.5, 0.6) is 0 Å². The third-order valence-electron chi connectivity index (χ3n) is 4.92. The topological polar surface area (TPSA) is 74.8 Å². The van der Waals surface area contributed by atoms with Crippen LogP contribution in [0.2, 0.25) is 0 Å². The molecular weight excluding hydrogens is 320 g/mol. The van der Waals surface area contributed by atoms with E-state index in [1.54, 1.807) is 11.1 Å². The van der Waals surface area contributed by atoms with Gasteiger partial charge in [0.05, 0.1) is 24.9 Å². The first-order valence-electron chi connectivity index (χ1n) is 9.02. The molecule has 2 saturated heterocycles. The highest BCUT2D eigenvalue weighted by molar-refractivity contribution is 5.93. The highest BCUT2D eigenvalue weighted by Gasteiger charge is 2.29. The van der Waals surface area contributed by atoms with Gasteiger partial charge in [-0.05, 0) is 44.2 Å². The molecule has 0 aliphatic carbocycles. The molecule has 25 heavy (non-hydrogen) atoms. The molecule has 1 aromatic rings. The number of carbonyl (C=O) groups is 2. The second-order valence-electron chi connectivity index (χ2n) is 6.70. The molecule has 7 nitrogen and oxygen atoms in total. The van der Waals surface area contributed by atoms with E-state index >= 15 is 0 Å². The summed E-state index contributed by atoms with van der Waals surface area (Å²) in [6, 6.07) is 3.86. The summed E-state index contributed by atoms with van der Waals surface area (Å²) in [5.74, 6) is 0.683. The second-order valence-corrected chi connectivity index (χ2v) is 6.70. The molecule has 2 aliphatic rings. The molecule has 3 rings (SSSR count). The number of nitrogens with one attached hydrogen (secondary N) is 1. The molecule has 2 fully saturated rings. The average molecular weight is 346 g/mol. The molecular formula is C18H26N4O3. The Morgan fingerprint density at radius 1 is 1.16 bits per heavy atom. The Morgan fingerprint density at radius 3 is 2.64 bits per heavy atom. The van der Waals surface area contributed by atoms with Crippen molar-refractivity contribution in [3.63, 3.8) is 0 Å². The van der Waals surface area contributed by atoms with Crippen molar-refractivity contribution in [3.8, 4) is 0 Å². The molecule has 2 amide bonds. The fraction of sp³-hybridized carbons (Fsp3) is 0.611. The van der Waals surface area contributed by atoms with Crippen LogP contribution in [-0.4, -0.2) is 55.2 Å². The van der Waals surface area contributed by atoms with Crippen LogP contribution in [0, 0.1) is 5.92 Å². The predicted molar refractivity (Wildman–Crippen MR) is 95.6 cm³/mol. The van der Waals surface area contributed by atoms with Crippen LogP contribution in [-0.2, 0) is 9.53 Å². The molecule has 1 unspecified atom stereocenters. The van der Waals surface area contributed by atoms with Crippen molar-refractivity contribution in [1.82, 2.24) is 9.88 Å². The first-order chi connectivity index (χ1) is 12.2. The number of hydrogen-bond donors (Lipinski definition) is 1. The minimum atomic E-state index is -0.370. The van der Waals surface area contributed by atoms with Gasteiger partial charge in [-0.2, -0.15) is 0 Å². The van der Waals surface area contributed by atoms with Crippen molar-refractivity contribution in [2.45, 2.75) is 32.1 Å². The lowest BCUT2D eigenvalue weighted by Crippen LogP contribution is -2.43. The predicted octanol–water partition coefficient (Wildman–Crippen LogP) is 2.49. The van der Waals surface area contributed by atoms with E-state index in [1.165, 1.54) is 26.4 Å². The molecule has 1 aromatic heterocycles. The number of carbonyl (C=O) groups excluding carboxylic acids is 2. The number of aromatic nitrogens is 1. The first kappa shape index (κ1) is 17.5. The standard InChI is InChI=1S/C18H26N4O3/c1-25-18(24)22-11-5-6-14(13-22)17(23)20-15-7-8-16(19-12-15)21-9-3-2-4-10-21/h7-8,12,14H,2-6,9-11,13H2,1H3,(H,20,23). The maximum absolute atomic E-state index is 12.5. The number of piperidine rings is 2. The Balaban J connectivity index is 1.56. The number of amides is 2. The first-order valence-corrected chi connectivity index (χ1v) is 9.02. The van der Waals surface area contributed by atoms with Gasteiger partial charge in [-0.25, -0.2) is 9.78 Å². The fourth-order valence-corrected chi connectivity index (χ4v) is 3.50. The largest absolute Gasteiger partial charge is 0.453 e. The van der Waals surface area contributed by atoms with E-state index in [9.17, 15) is 9.59 Å². The van der Waals surface area contributed by atoms with E-state index in [2.05, 4.69) is 15.2 Å². The molecule has 0 aromatic carbocycles. The molecule has 0 radical (unpaired) electrons. The second kappa shape index (κ2) is 8.18. The fourth-order valence-electron chi connectivity index (χ4n) is 3.50. The van der Waals surface area contributed by atoms with Gasteiger partial charge in [0.2, 0.25) is 5.91 Å². The molecule has 0 saturated carbocycles. The number of anilines is 2. The van der Waals surface area contributed by atoms with Gasteiger partial charge in [-0.15, -0.1) is 0 Å². The van der Waals surface area contributed by atoms with Crippen molar-refractivity contribution in [1.29, 1.82) is 0 Å². The van der Waals surface area contributed by atoms with Crippen LogP contribution in [0.1, 0.15) is 32.1 Å². The number of likely N-dealkylation sites (tertiary alicyclic amines) is 1. The number of rotatable bonds is 3. The molecule has 136 valence electrons. The maximum Gasteiger partial charge on any atom is 0.409 e. The van der Waals surface area contributed by atoms with Crippen molar-refractivity contribution in [3.05, 3.63) is 18.3 Å². The molecule has 3 heterocycles. The quantitative estimate of drug-likeness (QED) is 0.910. The SMILES string of the molecule is COC(=O)N1CCCC(C(=O)Nc2ccc(N3CCCCC3)nc2)C1. The van der Waals surface area contributed by atoms with Crippen LogP contribution < -0.4 is 10.2 Å². The van der Waals surface area contributed by atoms with E-state index in [1.807, 2.05) is 12.1 Å². The van der Waals surface area contributed by atoms with E-state index in [-0.39, 0.29) is 17.9 Å². The minimum absolute atomic E-state index is 0.0684. The van der Waals surface area contributed by atoms with Gasteiger partial charge < -0.3 is 19.9 Å². The summed E-state index contributed by atoms with van der Waals surface area (Å²) in [6.45, 7) is 3.13.